The van der Waals surface area contributed by atoms with Crippen LogP contribution >= 0.6 is 0 Å². The number of nitrogens with zero attached hydrogens (tertiary/aromatic N) is 2. The number of hydrogen-bond donors (Lipinski definition) is 1. The summed E-state index contributed by atoms with van der Waals surface area (Å²) in [7, 11) is 1.77. The zero-order valence-electron chi connectivity index (χ0n) is 9.27. The van der Waals surface area contributed by atoms with E-state index in [1.54, 1.807) is 19.2 Å². The van der Waals surface area contributed by atoms with Gasteiger partial charge in [0, 0.05) is 43.6 Å². The van der Waals surface area contributed by atoms with Gasteiger partial charge in [-0.05, 0) is 18.9 Å². The molecule has 0 bridgehead atoms. The molecular weight excluding hydrogens is 206 g/mol. The van der Waals surface area contributed by atoms with E-state index < -0.39 is 0 Å². The van der Waals surface area contributed by atoms with Crippen molar-refractivity contribution in [2.45, 2.75) is 12.8 Å². The number of nitro groups is 1. The molecule has 0 amide bonds. The molecule has 0 saturated carbocycles. The van der Waals surface area contributed by atoms with Gasteiger partial charge in [-0.2, -0.15) is 0 Å². The highest BCUT2D eigenvalue weighted by molar-refractivity contribution is 5.64. The van der Waals surface area contributed by atoms with E-state index in [9.17, 15) is 10.1 Å². The van der Waals surface area contributed by atoms with E-state index in [2.05, 4.69) is 10.2 Å². The molecule has 0 unspecified atom stereocenters. The number of rotatable bonds is 3. The van der Waals surface area contributed by atoms with Crippen LogP contribution in [0.4, 0.5) is 17.1 Å². The minimum absolute atomic E-state index is 0.147. The van der Waals surface area contributed by atoms with Gasteiger partial charge in [0.15, 0.2) is 0 Å². The maximum absolute atomic E-state index is 10.8. The van der Waals surface area contributed by atoms with Gasteiger partial charge in [-0.15, -0.1) is 0 Å². The minimum atomic E-state index is -0.347. The van der Waals surface area contributed by atoms with Crippen LogP contribution in [0.3, 0.4) is 0 Å². The number of anilines is 2. The highest BCUT2D eigenvalue weighted by Gasteiger charge is 2.16. The molecule has 1 aromatic rings. The second-order valence-electron chi connectivity index (χ2n) is 3.94. The molecule has 5 heteroatoms. The molecule has 0 atom stereocenters. The van der Waals surface area contributed by atoms with Crippen LogP contribution in [0.1, 0.15) is 12.8 Å². The van der Waals surface area contributed by atoms with Gasteiger partial charge in [-0.1, -0.05) is 0 Å². The van der Waals surface area contributed by atoms with E-state index in [4.69, 9.17) is 0 Å². The number of nitro benzene ring substituents is 1. The molecule has 0 aliphatic carbocycles. The average molecular weight is 221 g/mol. The highest BCUT2D eigenvalue weighted by atomic mass is 16.6. The Morgan fingerprint density at radius 2 is 2.00 bits per heavy atom. The van der Waals surface area contributed by atoms with Gasteiger partial charge in [0.05, 0.1) is 4.92 Å². The zero-order valence-corrected chi connectivity index (χ0v) is 9.27. The maximum atomic E-state index is 10.8. The molecule has 1 fully saturated rings. The van der Waals surface area contributed by atoms with Gasteiger partial charge in [0.25, 0.3) is 5.69 Å². The summed E-state index contributed by atoms with van der Waals surface area (Å²) in [6.45, 7) is 1.98. The van der Waals surface area contributed by atoms with Crippen molar-refractivity contribution >= 4 is 17.1 Å². The summed E-state index contributed by atoms with van der Waals surface area (Å²) in [6.07, 6.45) is 2.33. The Labute approximate surface area is 94.2 Å². The van der Waals surface area contributed by atoms with Gasteiger partial charge in [0.2, 0.25) is 0 Å². The molecule has 1 N–H and O–H groups in total. The van der Waals surface area contributed by atoms with Gasteiger partial charge < -0.3 is 10.2 Å². The van der Waals surface area contributed by atoms with Crippen LogP contribution in [0.5, 0.6) is 0 Å². The summed E-state index contributed by atoms with van der Waals surface area (Å²) in [5.74, 6) is 0. The first-order chi connectivity index (χ1) is 7.70. The van der Waals surface area contributed by atoms with Gasteiger partial charge in [-0.25, -0.2) is 0 Å². The lowest BCUT2D eigenvalue weighted by molar-refractivity contribution is -0.384. The second-order valence-corrected chi connectivity index (χ2v) is 3.94. The van der Waals surface area contributed by atoms with Crippen LogP contribution in [0.2, 0.25) is 0 Å². The smallest absolute Gasteiger partial charge is 0.273 e. The van der Waals surface area contributed by atoms with Crippen molar-refractivity contribution in [3.05, 3.63) is 28.3 Å². The molecule has 1 aliphatic rings. The summed E-state index contributed by atoms with van der Waals surface area (Å²) in [5, 5.41) is 13.8. The molecule has 1 heterocycles. The topological polar surface area (TPSA) is 58.4 Å². The monoisotopic (exact) mass is 221 g/mol. The first-order valence-corrected chi connectivity index (χ1v) is 5.43. The fourth-order valence-electron chi connectivity index (χ4n) is 2.00. The first kappa shape index (κ1) is 10.7. The van der Waals surface area contributed by atoms with Crippen LogP contribution < -0.4 is 10.2 Å². The lowest BCUT2D eigenvalue weighted by Gasteiger charge is -2.18. The normalized spacial score (nSPS) is 15.2. The lowest BCUT2D eigenvalue weighted by atomic mass is 10.2. The minimum Gasteiger partial charge on any atom is -0.388 e. The van der Waals surface area contributed by atoms with Crippen molar-refractivity contribution in [2.75, 3.05) is 30.4 Å². The lowest BCUT2D eigenvalue weighted by Crippen LogP contribution is -2.17. The molecule has 1 saturated heterocycles. The van der Waals surface area contributed by atoms with E-state index >= 15 is 0 Å². The van der Waals surface area contributed by atoms with Crippen LogP contribution in [0.25, 0.3) is 0 Å². The van der Waals surface area contributed by atoms with E-state index in [0.717, 1.165) is 37.3 Å². The SMILES string of the molecule is CNc1cc(N2CCCC2)cc([N+](=O)[O-])c1. The predicted octanol–water partition coefficient (Wildman–Crippen LogP) is 2.24. The Morgan fingerprint density at radius 1 is 1.31 bits per heavy atom. The van der Waals surface area contributed by atoms with Crippen molar-refractivity contribution in [2.24, 2.45) is 0 Å². The molecular formula is C11H15N3O2. The van der Waals surface area contributed by atoms with Gasteiger partial charge >= 0.3 is 0 Å². The van der Waals surface area contributed by atoms with Crippen molar-refractivity contribution < 1.29 is 4.92 Å². The summed E-state index contributed by atoms with van der Waals surface area (Å²) >= 11 is 0. The Kier molecular flexibility index (Phi) is 2.94. The molecule has 1 aliphatic heterocycles. The molecule has 0 aromatic heterocycles. The number of hydrogen-bond acceptors (Lipinski definition) is 4. The molecule has 16 heavy (non-hydrogen) atoms. The number of benzene rings is 1. The Balaban J connectivity index is 2.35. The van der Waals surface area contributed by atoms with Crippen molar-refractivity contribution in [3.63, 3.8) is 0 Å². The fraction of sp³-hybridized carbons (Fsp3) is 0.455. The largest absolute Gasteiger partial charge is 0.388 e. The molecule has 5 nitrogen and oxygen atoms in total. The first-order valence-electron chi connectivity index (χ1n) is 5.43. The predicted molar refractivity (Wildman–Crippen MR) is 64.1 cm³/mol. The van der Waals surface area contributed by atoms with E-state index in [0.29, 0.717) is 0 Å². The Hall–Kier alpha value is -1.78. The molecule has 86 valence electrons. The van der Waals surface area contributed by atoms with Crippen molar-refractivity contribution in [3.8, 4) is 0 Å². The van der Waals surface area contributed by atoms with Crippen LogP contribution in [-0.2, 0) is 0 Å². The van der Waals surface area contributed by atoms with Crippen molar-refractivity contribution in [1.29, 1.82) is 0 Å². The van der Waals surface area contributed by atoms with Gasteiger partial charge in [0.1, 0.15) is 0 Å². The zero-order chi connectivity index (χ0) is 11.5. The summed E-state index contributed by atoms with van der Waals surface area (Å²) in [6, 6.07) is 5.16. The second kappa shape index (κ2) is 4.38. The molecule has 2 rings (SSSR count). The van der Waals surface area contributed by atoms with Gasteiger partial charge in [-0.3, -0.25) is 10.1 Å². The standard InChI is InChI=1S/C11H15N3O2/c1-12-9-6-10(13-4-2-3-5-13)8-11(7-9)14(15)16/h6-8,12H,2-5H2,1H3. The summed E-state index contributed by atoms with van der Waals surface area (Å²) < 4.78 is 0. The van der Waals surface area contributed by atoms with Crippen LogP contribution in [-0.4, -0.2) is 25.1 Å². The third-order valence-corrected chi connectivity index (χ3v) is 2.87. The van der Waals surface area contributed by atoms with E-state index in [1.807, 2.05) is 6.07 Å². The van der Waals surface area contributed by atoms with E-state index in [1.165, 1.54) is 0 Å². The highest BCUT2D eigenvalue weighted by Crippen LogP contribution is 2.28. The summed E-state index contributed by atoms with van der Waals surface area (Å²) in [4.78, 5) is 12.6. The number of non-ortho nitro benzene ring substituents is 1. The quantitative estimate of drug-likeness (QED) is 0.628. The molecule has 1 aromatic carbocycles. The summed E-state index contributed by atoms with van der Waals surface area (Å²) in [5.41, 5.74) is 1.88. The van der Waals surface area contributed by atoms with E-state index in [-0.39, 0.29) is 10.6 Å². The Morgan fingerprint density at radius 3 is 2.56 bits per heavy atom. The molecule has 0 spiro atoms. The number of nitrogens with one attached hydrogen (secondary N) is 1. The third-order valence-electron chi connectivity index (χ3n) is 2.87. The maximum Gasteiger partial charge on any atom is 0.273 e. The van der Waals surface area contributed by atoms with Crippen LogP contribution in [0.15, 0.2) is 18.2 Å². The average Bonchev–Trinajstić information content (AvgIpc) is 2.81. The van der Waals surface area contributed by atoms with Crippen molar-refractivity contribution in [1.82, 2.24) is 0 Å². The third kappa shape index (κ3) is 2.08. The Bertz CT molecular complexity index is 400. The molecule has 0 radical (unpaired) electrons. The fourth-order valence-corrected chi connectivity index (χ4v) is 2.00. The van der Waals surface area contributed by atoms with Crippen LogP contribution in [0, 0.1) is 10.1 Å².